The van der Waals surface area contributed by atoms with Crippen molar-refractivity contribution in [2.45, 2.75) is 58.4 Å². The Bertz CT molecular complexity index is 450. The van der Waals surface area contributed by atoms with E-state index in [9.17, 15) is 10.1 Å². The highest BCUT2D eigenvalue weighted by atomic mass is 16.1. The van der Waals surface area contributed by atoms with Crippen LogP contribution >= 0.6 is 0 Å². The first-order valence-electron chi connectivity index (χ1n) is 7.86. The van der Waals surface area contributed by atoms with Gasteiger partial charge in [-0.3, -0.25) is 4.79 Å². The third-order valence-corrected chi connectivity index (χ3v) is 5.62. The van der Waals surface area contributed by atoms with Crippen molar-refractivity contribution in [3.05, 3.63) is 11.8 Å². The Kier molecular flexibility index (Phi) is 3.36. The molecule has 3 nitrogen and oxygen atoms in total. The molecule has 4 bridgehead atoms. The molecule has 3 heteroatoms. The first kappa shape index (κ1) is 13.7. The molecule has 4 aliphatic rings. The van der Waals surface area contributed by atoms with E-state index in [0.717, 1.165) is 23.5 Å². The van der Waals surface area contributed by atoms with Crippen LogP contribution in [0.2, 0.25) is 0 Å². The average molecular weight is 272 g/mol. The Morgan fingerprint density at radius 3 is 2.10 bits per heavy atom. The summed E-state index contributed by atoms with van der Waals surface area (Å²) in [4.78, 5) is 11.2. The summed E-state index contributed by atoms with van der Waals surface area (Å²) < 4.78 is 0. The molecule has 108 valence electrons. The zero-order chi connectivity index (χ0) is 14.3. The number of hydrogen-bond acceptors (Lipinski definition) is 3. The number of allylic oxidation sites excluding steroid dienone is 2. The average Bonchev–Trinajstić information content (AvgIpc) is 2.33. The van der Waals surface area contributed by atoms with Crippen LogP contribution in [-0.2, 0) is 4.79 Å². The van der Waals surface area contributed by atoms with Crippen molar-refractivity contribution in [3.63, 3.8) is 0 Å². The van der Waals surface area contributed by atoms with Crippen LogP contribution in [0, 0.1) is 34.5 Å². The van der Waals surface area contributed by atoms with Crippen LogP contribution in [-0.4, -0.2) is 11.8 Å². The van der Waals surface area contributed by atoms with Crippen LogP contribution in [0.1, 0.15) is 52.4 Å². The van der Waals surface area contributed by atoms with Gasteiger partial charge in [0, 0.05) is 11.1 Å². The second kappa shape index (κ2) is 4.91. The number of nitrogens with one attached hydrogen (secondary N) is 1. The van der Waals surface area contributed by atoms with Crippen molar-refractivity contribution in [1.29, 1.82) is 5.26 Å². The number of nitrogens with zero attached hydrogens (tertiary/aromatic N) is 1. The molecule has 0 aliphatic heterocycles. The van der Waals surface area contributed by atoms with Crippen LogP contribution in [0.15, 0.2) is 11.8 Å². The molecule has 1 unspecified atom stereocenters. The van der Waals surface area contributed by atoms with Crippen molar-refractivity contribution >= 4 is 5.78 Å². The first-order valence-corrected chi connectivity index (χ1v) is 7.86. The van der Waals surface area contributed by atoms with Crippen molar-refractivity contribution in [3.8, 4) is 6.07 Å². The zero-order valence-corrected chi connectivity index (χ0v) is 12.5. The van der Waals surface area contributed by atoms with E-state index in [-0.39, 0.29) is 17.2 Å². The van der Waals surface area contributed by atoms with Gasteiger partial charge in [0.15, 0.2) is 5.78 Å². The SMILES string of the molecule is CC(=O)/C=C(/C)NC(C#N)C12CC3CC(CC(C3)C1)C2. The minimum atomic E-state index is -0.133. The number of nitriles is 1. The van der Waals surface area contributed by atoms with Gasteiger partial charge < -0.3 is 5.32 Å². The van der Waals surface area contributed by atoms with Crippen molar-refractivity contribution in [2.24, 2.45) is 23.2 Å². The maximum Gasteiger partial charge on any atom is 0.154 e. The molecule has 0 amide bonds. The molecule has 0 heterocycles. The molecule has 1 atom stereocenters. The second-order valence-corrected chi connectivity index (χ2v) is 7.42. The van der Waals surface area contributed by atoms with Gasteiger partial charge in [-0.25, -0.2) is 0 Å². The van der Waals surface area contributed by atoms with Crippen LogP contribution in [0.5, 0.6) is 0 Å². The molecule has 0 aromatic rings. The Balaban J connectivity index is 1.79. The zero-order valence-electron chi connectivity index (χ0n) is 12.5. The molecule has 1 N–H and O–H groups in total. The number of carbonyl (C=O) groups is 1. The van der Waals surface area contributed by atoms with Gasteiger partial charge in [-0.15, -0.1) is 0 Å². The van der Waals surface area contributed by atoms with Crippen LogP contribution in [0.3, 0.4) is 0 Å². The predicted molar refractivity (Wildman–Crippen MR) is 77.6 cm³/mol. The third kappa shape index (κ3) is 2.37. The van der Waals surface area contributed by atoms with Gasteiger partial charge in [0.2, 0.25) is 0 Å². The largest absolute Gasteiger partial charge is 0.373 e. The van der Waals surface area contributed by atoms with E-state index < -0.39 is 0 Å². The number of rotatable bonds is 4. The maximum atomic E-state index is 11.2. The standard InChI is InChI=1S/C17H24N2O/c1-11(3-12(2)20)19-16(10-18)17-7-13-4-14(8-17)6-15(5-13)9-17/h3,13-16,19H,4-9H2,1-2H3/b11-3-. The van der Waals surface area contributed by atoms with Crippen molar-refractivity contribution in [2.75, 3.05) is 0 Å². The molecule has 0 radical (unpaired) electrons. The molecule has 4 aliphatic carbocycles. The molecule has 4 fully saturated rings. The third-order valence-electron chi connectivity index (χ3n) is 5.62. The van der Waals surface area contributed by atoms with E-state index >= 15 is 0 Å². The molecule has 20 heavy (non-hydrogen) atoms. The quantitative estimate of drug-likeness (QED) is 0.800. The fourth-order valence-corrected chi connectivity index (χ4v) is 5.43. The van der Waals surface area contributed by atoms with E-state index in [1.165, 1.54) is 38.5 Å². The second-order valence-electron chi connectivity index (χ2n) is 7.42. The Labute approximate surface area is 121 Å². The normalized spacial score (nSPS) is 40.2. The Hall–Kier alpha value is -1.30. The number of carbonyl (C=O) groups excluding carboxylic acids is 1. The lowest BCUT2D eigenvalue weighted by molar-refractivity contribution is -0.112. The number of hydrogen-bond donors (Lipinski definition) is 1. The Morgan fingerprint density at radius 1 is 1.20 bits per heavy atom. The lowest BCUT2D eigenvalue weighted by atomic mass is 9.48. The van der Waals surface area contributed by atoms with Crippen LogP contribution in [0.25, 0.3) is 0 Å². The van der Waals surface area contributed by atoms with E-state index in [1.807, 2.05) is 6.92 Å². The topological polar surface area (TPSA) is 52.9 Å². The van der Waals surface area contributed by atoms with Gasteiger partial charge in [0.25, 0.3) is 0 Å². The van der Waals surface area contributed by atoms with E-state index in [0.29, 0.717) is 0 Å². The van der Waals surface area contributed by atoms with Crippen LogP contribution < -0.4 is 5.32 Å². The van der Waals surface area contributed by atoms with Gasteiger partial charge in [-0.2, -0.15) is 5.26 Å². The summed E-state index contributed by atoms with van der Waals surface area (Å²) >= 11 is 0. The highest BCUT2D eigenvalue weighted by Gasteiger charge is 2.54. The van der Waals surface area contributed by atoms with E-state index in [4.69, 9.17) is 0 Å². The van der Waals surface area contributed by atoms with Crippen LogP contribution in [0.4, 0.5) is 0 Å². The smallest absolute Gasteiger partial charge is 0.154 e. The van der Waals surface area contributed by atoms with Gasteiger partial charge >= 0.3 is 0 Å². The molecule has 0 spiro atoms. The molecule has 0 saturated heterocycles. The summed E-state index contributed by atoms with van der Waals surface area (Å²) in [6.07, 6.45) is 9.39. The molecule has 0 aromatic carbocycles. The lowest BCUT2D eigenvalue weighted by Gasteiger charge is -2.58. The number of ketones is 1. The van der Waals surface area contributed by atoms with Gasteiger partial charge in [0.1, 0.15) is 6.04 Å². The molecule has 4 saturated carbocycles. The predicted octanol–water partition coefficient (Wildman–Crippen LogP) is 3.18. The van der Waals surface area contributed by atoms with Crippen molar-refractivity contribution < 1.29 is 4.79 Å². The summed E-state index contributed by atoms with van der Waals surface area (Å²) in [6, 6.07) is 2.37. The molecule has 0 aromatic heterocycles. The van der Waals surface area contributed by atoms with Gasteiger partial charge in [-0.1, -0.05) is 0 Å². The highest BCUT2D eigenvalue weighted by Crippen LogP contribution is 2.61. The van der Waals surface area contributed by atoms with Crippen molar-refractivity contribution in [1.82, 2.24) is 5.32 Å². The van der Waals surface area contributed by atoms with E-state index in [1.54, 1.807) is 13.0 Å². The fraction of sp³-hybridized carbons (Fsp3) is 0.765. The maximum absolute atomic E-state index is 11.2. The highest BCUT2D eigenvalue weighted by molar-refractivity contribution is 5.87. The van der Waals surface area contributed by atoms with E-state index in [2.05, 4.69) is 11.4 Å². The monoisotopic (exact) mass is 272 g/mol. The summed E-state index contributed by atoms with van der Waals surface area (Å²) in [7, 11) is 0. The molecule has 4 rings (SSSR count). The minimum absolute atomic E-state index is 0.0391. The molecular weight excluding hydrogens is 248 g/mol. The first-order chi connectivity index (χ1) is 9.50. The minimum Gasteiger partial charge on any atom is -0.373 e. The molecular formula is C17H24N2O. The van der Waals surface area contributed by atoms with Gasteiger partial charge in [0.05, 0.1) is 6.07 Å². The fourth-order valence-electron chi connectivity index (χ4n) is 5.43. The summed E-state index contributed by atoms with van der Waals surface area (Å²) in [5.41, 5.74) is 0.995. The van der Waals surface area contributed by atoms with Gasteiger partial charge in [-0.05, 0) is 76.2 Å². The lowest BCUT2D eigenvalue weighted by Crippen LogP contribution is -2.55. The Morgan fingerprint density at radius 2 is 1.70 bits per heavy atom. The summed E-state index contributed by atoms with van der Waals surface area (Å²) in [6.45, 7) is 3.45. The summed E-state index contributed by atoms with van der Waals surface area (Å²) in [5, 5.41) is 13.0. The summed E-state index contributed by atoms with van der Waals surface area (Å²) in [5.74, 6) is 2.57.